The fraction of sp³-hybridized carbons (Fsp3) is 0.538. The zero-order valence-electron chi connectivity index (χ0n) is 10.9. The highest BCUT2D eigenvalue weighted by atomic mass is 35.5. The van der Waals surface area contributed by atoms with Crippen LogP contribution in [0.5, 0.6) is 5.75 Å². The summed E-state index contributed by atoms with van der Waals surface area (Å²) in [6.45, 7) is 4.54. The van der Waals surface area contributed by atoms with E-state index in [1.807, 2.05) is 18.2 Å². The number of halogens is 1. The van der Waals surface area contributed by atoms with E-state index in [1.54, 1.807) is 0 Å². The molecule has 0 aliphatic heterocycles. The Kier molecular flexibility index (Phi) is 5.47. The minimum Gasteiger partial charge on any atom is -0.492 e. The maximum absolute atomic E-state index is 11.0. The van der Waals surface area contributed by atoms with Crippen LogP contribution < -0.4 is 4.74 Å². The fourth-order valence-electron chi connectivity index (χ4n) is 1.49. The van der Waals surface area contributed by atoms with Gasteiger partial charge in [-0.1, -0.05) is 31.5 Å². The highest BCUT2D eigenvalue weighted by Crippen LogP contribution is 2.28. The van der Waals surface area contributed by atoms with Gasteiger partial charge >= 0.3 is 0 Å². The Bertz CT molecular complexity index is 495. The topological polar surface area (TPSA) is 43.4 Å². The predicted octanol–water partition coefficient (Wildman–Crippen LogP) is 3.28. The largest absolute Gasteiger partial charge is 0.492 e. The van der Waals surface area contributed by atoms with Gasteiger partial charge in [0.25, 0.3) is 0 Å². The van der Waals surface area contributed by atoms with Gasteiger partial charge in [0.05, 0.1) is 17.4 Å². The first-order chi connectivity index (χ1) is 8.29. The third kappa shape index (κ3) is 5.27. The van der Waals surface area contributed by atoms with Gasteiger partial charge < -0.3 is 4.74 Å². The minimum absolute atomic E-state index is 0.133. The van der Waals surface area contributed by atoms with Crippen molar-refractivity contribution in [2.75, 3.05) is 18.6 Å². The van der Waals surface area contributed by atoms with Crippen molar-refractivity contribution >= 4 is 21.4 Å². The average molecular weight is 291 g/mol. The molecule has 0 spiro atoms. The number of hydrogen-bond acceptors (Lipinski definition) is 3. The van der Waals surface area contributed by atoms with E-state index in [4.69, 9.17) is 16.3 Å². The second-order valence-corrected chi connectivity index (χ2v) is 7.34. The predicted molar refractivity (Wildman–Crippen MR) is 75.4 cm³/mol. The van der Waals surface area contributed by atoms with Crippen LogP contribution in [0.15, 0.2) is 18.2 Å². The van der Waals surface area contributed by atoms with Crippen molar-refractivity contribution in [2.45, 2.75) is 26.2 Å². The van der Waals surface area contributed by atoms with Crippen molar-refractivity contribution in [3.05, 3.63) is 28.8 Å². The van der Waals surface area contributed by atoms with Crippen molar-refractivity contribution in [3.63, 3.8) is 0 Å². The lowest BCUT2D eigenvalue weighted by Gasteiger charge is -2.11. The first-order valence-corrected chi connectivity index (χ1v) is 8.33. The molecule has 0 saturated heterocycles. The number of hydrogen-bond donors (Lipinski definition) is 0. The standard InChI is InChI=1S/C13H19ClO3S/c1-10(2)11-5-6-12(14)13(9-11)17-7-4-8-18(3,15)16/h5-6,9-10H,4,7-8H2,1-3H3. The molecule has 0 aromatic heterocycles. The summed E-state index contributed by atoms with van der Waals surface area (Å²) in [7, 11) is -2.92. The van der Waals surface area contributed by atoms with E-state index in [1.165, 1.54) is 6.26 Å². The first-order valence-electron chi connectivity index (χ1n) is 5.89. The van der Waals surface area contributed by atoms with Gasteiger partial charge in [-0.25, -0.2) is 8.42 Å². The number of ether oxygens (including phenoxy) is 1. The molecule has 1 rings (SSSR count). The Morgan fingerprint density at radius 1 is 1.33 bits per heavy atom. The molecular formula is C13H19ClO3S. The van der Waals surface area contributed by atoms with Crippen LogP contribution in [-0.4, -0.2) is 27.0 Å². The number of sulfone groups is 1. The zero-order chi connectivity index (χ0) is 13.8. The smallest absolute Gasteiger partial charge is 0.147 e. The van der Waals surface area contributed by atoms with Crippen LogP contribution in [0, 0.1) is 0 Å². The van der Waals surface area contributed by atoms with Crippen LogP contribution in [0.1, 0.15) is 31.7 Å². The van der Waals surface area contributed by atoms with Crippen LogP contribution in [0.3, 0.4) is 0 Å². The third-order valence-electron chi connectivity index (χ3n) is 2.54. The highest BCUT2D eigenvalue weighted by Gasteiger charge is 2.07. The molecule has 102 valence electrons. The Morgan fingerprint density at radius 2 is 2.00 bits per heavy atom. The van der Waals surface area contributed by atoms with Crippen LogP contribution in [-0.2, 0) is 9.84 Å². The normalized spacial score (nSPS) is 11.8. The van der Waals surface area contributed by atoms with Crippen LogP contribution in [0.4, 0.5) is 0 Å². The van der Waals surface area contributed by atoms with Gasteiger partial charge in [-0.2, -0.15) is 0 Å². The fourth-order valence-corrected chi connectivity index (χ4v) is 2.31. The highest BCUT2D eigenvalue weighted by molar-refractivity contribution is 7.90. The van der Waals surface area contributed by atoms with Crippen LogP contribution >= 0.6 is 11.6 Å². The van der Waals surface area contributed by atoms with Crippen molar-refractivity contribution in [3.8, 4) is 5.75 Å². The monoisotopic (exact) mass is 290 g/mol. The van der Waals surface area contributed by atoms with Gasteiger partial charge in [-0.15, -0.1) is 0 Å². The van der Waals surface area contributed by atoms with E-state index < -0.39 is 9.84 Å². The van der Waals surface area contributed by atoms with Gasteiger partial charge in [0.2, 0.25) is 0 Å². The molecule has 0 heterocycles. The van der Waals surface area contributed by atoms with Crippen molar-refractivity contribution in [1.29, 1.82) is 0 Å². The summed E-state index contributed by atoms with van der Waals surface area (Å²) in [5.74, 6) is 1.16. The molecular weight excluding hydrogens is 272 g/mol. The molecule has 5 heteroatoms. The Morgan fingerprint density at radius 3 is 2.56 bits per heavy atom. The number of rotatable bonds is 6. The lowest BCUT2D eigenvalue weighted by atomic mass is 10.0. The maximum atomic E-state index is 11.0. The van der Waals surface area contributed by atoms with Gasteiger partial charge in [0, 0.05) is 6.26 Å². The quantitative estimate of drug-likeness (QED) is 0.755. The van der Waals surface area contributed by atoms with Gasteiger partial charge in [-0.05, 0) is 30.0 Å². The van der Waals surface area contributed by atoms with E-state index in [0.717, 1.165) is 5.56 Å². The lowest BCUT2D eigenvalue weighted by Crippen LogP contribution is -2.08. The molecule has 1 aromatic carbocycles. The molecule has 0 aliphatic carbocycles. The average Bonchev–Trinajstić information content (AvgIpc) is 2.24. The van der Waals surface area contributed by atoms with Crippen LogP contribution in [0.2, 0.25) is 5.02 Å². The van der Waals surface area contributed by atoms with E-state index in [9.17, 15) is 8.42 Å². The summed E-state index contributed by atoms with van der Waals surface area (Å²) in [6.07, 6.45) is 1.69. The molecule has 0 amide bonds. The van der Waals surface area contributed by atoms with Gasteiger partial charge in [-0.3, -0.25) is 0 Å². The first kappa shape index (κ1) is 15.3. The molecule has 18 heavy (non-hydrogen) atoms. The molecule has 0 N–H and O–H groups in total. The molecule has 0 unspecified atom stereocenters. The van der Waals surface area contributed by atoms with Crippen molar-refractivity contribution in [1.82, 2.24) is 0 Å². The Hall–Kier alpha value is -0.740. The summed E-state index contributed by atoms with van der Waals surface area (Å²) in [6, 6.07) is 5.69. The zero-order valence-corrected chi connectivity index (χ0v) is 12.5. The molecule has 0 fully saturated rings. The molecule has 0 atom stereocenters. The summed E-state index contributed by atoms with van der Waals surface area (Å²) in [5, 5.41) is 0.554. The molecule has 0 bridgehead atoms. The minimum atomic E-state index is -2.92. The maximum Gasteiger partial charge on any atom is 0.147 e. The van der Waals surface area contributed by atoms with Crippen LogP contribution in [0.25, 0.3) is 0 Å². The number of benzene rings is 1. The molecule has 0 radical (unpaired) electrons. The summed E-state index contributed by atoms with van der Waals surface area (Å²) in [4.78, 5) is 0. The van der Waals surface area contributed by atoms with Crippen molar-refractivity contribution in [2.24, 2.45) is 0 Å². The van der Waals surface area contributed by atoms with E-state index in [0.29, 0.717) is 29.7 Å². The summed E-state index contributed by atoms with van der Waals surface area (Å²) >= 11 is 6.03. The van der Waals surface area contributed by atoms with Crippen molar-refractivity contribution < 1.29 is 13.2 Å². The molecule has 3 nitrogen and oxygen atoms in total. The Labute approximate surface area is 114 Å². The Balaban J connectivity index is 2.59. The molecule has 1 aromatic rings. The van der Waals surface area contributed by atoms with Gasteiger partial charge in [0.15, 0.2) is 0 Å². The lowest BCUT2D eigenvalue weighted by molar-refractivity contribution is 0.317. The summed E-state index contributed by atoms with van der Waals surface area (Å²) < 4.78 is 27.5. The third-order valence-corrected chi connectivity index (χ3v) is 3.88. The van der Waals surface area contributed by atoms with E-state index in [-0.39, 0.29) is 5.75 Å². The second-order valence-electron chi connectivity index (χ2n) is 4.68. The molecule has 0 saturated carbocycles. The molecule has 0 aliphatic rings. The van der Waals surface area contributed by atoms with E-state index in [2.05, 4.69) is 13.8 Å². The second kappa shape index (κ2) is 6.43. The van der Waals surface area contributed by atoms with Gasteiger partial charge in [0.1, 0.15) is 15.6 Å². The SMILES string of the molecule is CC(C)c1ccc(Cl)c(OCCCS(C)(=O)=O)c1. The van der Waals surface area contributed by atoms with E-state index >= 15 is 0 Å². The summed E-state index contributed by atoms with van der Waals surface area (Å²) in [5.41, 5.74) is 1.15.